The number of aliphatic carboxylic acids is 1. The number of carboxylic acids is 1. The largest absolute Gasteiger partial charge is 0.481 e. The van der Waals surface area contributed by atoms with Crippen LogP contribution < -0.4 is 10.1 Å². The molecule has 0 fully saturated rings. The van der Waals surface area contributed by atoms with Crippen LogP contribution in [0.25, 0.3) is 0 Å². The molecule has 0 aliphatic heterocycles. The first-order valence-corrected chi connectivity index (χ1v) is 7.39. The summed E-state index contributed by atoms with van der Waals surface area (Å²) in [4.78, 5) is 22.9. The van der Waals surface area contributed by atoms with Crippen LogP contribution in [0.2, 0.25) is 0 Å². The van der Waals surface area contributed by atoms with Gasteiger partial charge in [0.2, 0.25) is 0 Å². The minimum atomic E-state index is -1.02. The van der Waals surface area contributed by atoms with Crippen LogP contribution in [-0.4, -0.2) is 29.6 Å². The first kappa shape index (κ1) is 16.1. The van der Waals surface area contributed by atoms with Crippen molar-refractivity contribution in [2.75, 3.05) is 6.61 Å². The number of benzene rings is 1. The number of nitrogens with one attached hydrogen (secondary N) is 1. The Morgan fingerprint density at radius 2 is 1.95 bits per heavy atom. The van der Waals surface area contributed by atoms with Gasteiger partial charge in [0, 0.05) is 11.6 Å². The summed E-state index contributed by atoms with van der Waals surface area (Å²) in [6.07, 6.45) is 7.04. The Kier molecular flexibility index (Phi) is 5.20. The lowest BCUT2D eigenvalue weighted by Crippen LogP contribution is -2.35. The first-order valence-electron chi connectivity index (χ1n) is 7.39. The van der Waals surface area contributed by atoms with E-state index in [-0.39, 0.29) is 18.6 Å². The van der Waals surface area contributed by atoms with Crippen LogP contribution in [0.1, 0.15) is 40.7 Å². The van der Waals surface area contributed by atoms with Gasteiger partial charge in [0.05, 0.1) is 0 Å². The van der Waals surface area contributed by atoms with E-state index in [0.29, 0.717) is 11.3 Å². The zero-order valence-electron chi connectivity index (χ0n) is 12.9. The van der Waals surface area contributed by atoms with E-state index in [4.69, 9.17) is 9.84 Å². The maximum Gasteiger partial charge on any atom is 0.341 e. The molecule has 0 heterocycles. The molecule has 0 radical (unpaired) electrons. The number of amides is 1. The molecule has 118 valence electrons. The average molecular weight is 303 g/mol. The molecule has 1 aliphatic rings. The predicted octanol–water partition coefficient (Wildman–Crippen LogP) is 2.61. The molecule has 22 heavy (non-hydrogen) atoms. The molecule has 1 aliphatic carbocycles. The van der Waals surface area contributed by atoms with Gasteiger partial charge >= 0.3 is 5.97 Å². The Morgan fingerprint density at radius 1 is 1.27 bits per heavy atom. The number of aryl methyl sites for hydroxylation is 2. The van der Waals surface area contributed by atoms with E-state index in [1.807, 2.05) is 13.8 Å². The van der Waals surface area contributed by atoms with Gasteiger partial charge in [-0.25, -0.2) is 4.79 Å². The molecule has 5 nitrogen and oxygen atoms in total. The number of ether oxygens (including phenoxy) is 1. The zero-order chi connectivity index (χ0) is 16.1. The highest BCUT2D eigenvalue weighted by molar-refractivity contribution is 5.95. The lowest BCUT2D eigenvalue weighted by Gasteiger charge is -2.20. The number of carboxylic acid groups (broad SMARTS) is 1. The van der Waals surface area contributed by atoms with E-state index in [1.165, 1.54) is 0 Å². The number of carbonyl (C=O) groups excluding carboxylic acids is 1. The SMILES string of the molecule is Cc1cc(C(=O)N[C@@H]2CC=CCC2)cc(C)c1OCC(=O)O. The van der Waals surface area contributed by atoms with E-state index < -0.39 is 5.97 Å². The van der Waals surface area contributed by atoms with Crippen LogP contribution >= 0.6 is 0 Å². The van der Waals surface area contributed by atoms with Crippen molar-refractivity contribution in [3.8, 4) is 5.75 Å². The zero-order valence-corrected chi connectivity index (χ0v) is 12.9. The van der Waals surface area contributed by atoms with E-state index in [2.05, 4.69) is 17.5 Å². The quantitative estimate of drug-likeness (QED) is 0.820. The van der Waals surface area contributed by atoms with Gasteiger partial charge in [0.25, 0.3) is 5.91 Å². The Morgan fingerprint density at radius 3 is 2.50 bits per heavy atom. The van der Waals surface area contributed by atoms with E-state index in [9.17, 15) is 9.59 Å². The summed E-state index contributed by atoms with van der Waals surface area (Å²) in [5.74, 6) is -0.596. The van der Waals surface area contributed by atoms with E-state index in [1.54, 1.807) is 12.1 Å². The van der Waals surface area contributed by atoms with Crippen molar-refractivity contribution in [1.82, 2.24) is 5.32 Å². The topological polar surface area (TPSA) is 75.6 Å². The molecule has 2 N–H and O–H groups in total. The fraction of sp³-hybridized carbons (Fsp3) is 0.412. The predicted molar refractivity (Wildman–Crippen MR) is 83.3 cm³/mol. The summed E-state index contributed by atoms with van der Waals surface area (Å²) in [5.41, 5.74) is 2.09. The lowest BCUT2D eigenvalue weighted by molar-refractivity contribution is -0.139. The van der Waals surface area contributed by atoms with Crippen molar-refractivity contribution in [2.24, 2.45) is 0 Å². The summed E-state index contributed by atoms with van der Waals surface area (Å²) >= 11 is 0. The number of hydrogen-bond acceptors (Lipinski definition) is 3. The minimum Gasteiger partial charge on any atom is -0.481 e. The summed E-state index contributed by atoms with van der Waals surface area (Å²) in [6, 6.07) is 3.65. The molecule has 1 atom stereocenters. The number of hydrogen-bond donors (Lipinski definition) is 2. The third kappa shape index (κ3) is 4.10. The van der Waals surface area contributed by atoms with E-state index in [0.717, 1.165) is 30.4 Å². The van der Waals surface area contributed by atoms with Crippen molar-refractivity contribution in [1.29, 1.82) is 0 Å². The second-order valence-electron chi connectivity index (χ2n) is 5.58. The average Bonchev–Trinajstić information content (AvgIpc) is 2.47. The number of carbonyl (C=O) groups is 2. The fourth-order valence-corrected chi connectivity index (χ4v) is 2.64. The van der Waals surface area contributed by atoms with Gasteiger partial charge in [0.15, 0.2) is 6.61 Å². The van der Waals surface area contributed by atoms with Crippen molar-refractivity contribution in [3.63, 3.8) is 0 Å². The van der Waals surface area contributed by atoms with Crippen molar-refractivity contribution < 1.29 is 19.4 Å². The fourth-order valence-electron chi connectivity index (χ4n) is 2.64. The van der Waals surface area contributed by atoms with Gasteiger partial charge in [-0.1, -0.05) is 12.2 Å². The molecule has 1 amide bonds. The summed E-state index contributed by atoms with van der Waals surface area (Å²) < 4.78 is 5.27. The highest BCUT2D eigenvalue weighted by Crippen LogP contribution is 2.25. The molecule has 1 aromatic rings. The van der Waals surface area contributed by atoms with Gasteiger partial charge in [0.1, 0.15) is 5.75 Å². The highest BCUT2D eigenvalue weighted by atomic mass is 16.5. The monoisotopic (exact) mass is 303 g/mol. The Labute approximate surface area is 130 Å². The number of allylic oxidation sites excluding steroid dienone is 1. The smallest absolute Gasteiger partial charge is 0.341 e. The maximum absolute atomic E-state index is 12.3. The van der Waals surface area contributed by atoms with Crippen LogP contribution in [0.15, 0.2) is 24.3 Å². The van der Waals surface area contributed by atoms with Gasteiger partial charge in [-0.15, -0.1) is 0 Å². The van der Waals surface area contributed by atoms with Crippen LogP contribution in [0.3, 0.4) is 0 Å². The molecule has 5 heteroatoms. The molecular weight excluding hydrogens is 282 g/mol. The van der Waals surface area contributed by atoms with Crippen LogP contribution in [0.4, 0.5) is 0 Å². The second-order valence-corrected chi connectivity index (χ2v) is 5.58. The molecule has 0 bridgehead atoms. The highest BCUT2D eigenvalue weighted by Gasteiger charge is 2.16. The summed E-state index contributed by atoms with van der Waals surface area (Å²) in [6.45, 7) is 3.23. The van der Waals surface area contributed by atoms with Gasteiger partial charge < -0.3 is 15.2 Å². The van der Waals surface area contributed by atoms with Crippen molar-refractivity contribution in [2.45, 2.75) is 39.2 Å². The van der Waals surface area contributed by atoms with Gasteiger partial charge in [-0.2, -0.15) is 0 Å². The lowest BCUT2D eigenvalue weighted by atomic mass is 10.0. The Bertz CT molecular complexity index is 584. The summed E-state index contributed by atoms with van der Waals surface area (Å²) in [7, 11) is 0. The molecular formula is C17H21NO4. The van der Waals surface area contributed by atoms with Crippen molar-refractivity contribution >= 4 is 11.9 Å². The first-order chi connectivity index (χ1) is 10.5. The number of rotatable bonds is 5. The normalized spacial score (nSPS) is 17.1. The molecule has 0 saturated carbocycles. The second kappa shape index (κ2) is 7.11. The molecule has 1 aromatic carbocycles. The Hall–Kier alpha value is -2.30. The molecule has 2 rings (SSSR count). The van der Waals surface area contributed by atoms with Crippen LogP contribution in [0.5, 0.6) is 5.75 Å². The Balaban J connectivity index is 2.09. The summed E-state index contributed by atoms with van der Waals surface area (Å²) in [5, 5.41) is 11.7. The van der Waals surface area contributed by atoms with E-state index >= 15 is 0 Å². The molecule has 0 unspecified atom stereocenters. The van der Waals surface area contributed by atoms with Gasteiger partial charge in [-0.05, 0) is 56.4 Å². The van der Waals surface area contributed by atoms with Gasteiger partial charge in [-0.3, -0.25) is 4.79 Å². The van der Waals surface area contributed by atoms with Crippen molar-refractivity contribution in [3.05, 3.63) is 41.0 Å². The standard InChI is InChI=1S/C17H21NO4/c1-11-8-13(9-12(2)16(11)22-10-15(19)20)17(21)18-14-6-4-3-5-7-14/h3-4,8-9,14H,5-7,10H2,1-2H3,(H,18,21)(H,19,20)/t14-/m1/s1. The van der Waals surface area contributed by atoms with Crippen LogP contribution in [-0.2, 0) is 4.79 Å². The third-order valence-corrected chi connectivity index (χ3v) is 3.67. The maximum atomic E-state index is 12.3. The molecule has 0 aromatic heterocycles. The molecule has 0 saturated heterocycles. The third-order valence-electron chi connectivity index (χ3n) is 3.67. The van der Waals surface area contributed by atoms with Crippen LogP contribution in [0, 0.1) is 13.8 Å². The minimum absolute atomic E-state index is 0.101. The molecule has 0 spiro atoms.